The van der Waals surface area contributed by atoms with Crippen LogP contribution < -0.4 is 5.32 Å². The molecule has 1 N–H and O–H groups in total. The Hall–Kier alpha value is -1.33. The van der Waals surface area contributed by atoms with Gasteiger partial charge in [-0.25, -0.2) is 4.39 Å². The van der Waals surface area contributed by atoms with E-state index in [4.69, 9.17) is 0 Å². The van der Waals surface area contributed by atoms with Crippen LogP contribution in [0.25, 0.3) is 0 Å². The van der Waals surface area contributed by atoms with E-state index in [-0.39, 0.29) is 11.9 Å². The maximum atomic E-state index is 12.8. The zero-order valence-corrected chi connectivity index (χ0v) is 8.96. The van der Waals surface area contributed by atoms with Crippen LogP contribution in [0.5, 0.6) is 0 Å². The topological polar surface area (TPSA) is 37.8 Å². The predicted octanol–water partition coefficient (Wildman–Crippen LogP) is 1.99. The van der Waals surface area contributed by atoms with Crippen LogP contribution in [0.2, 0.25) is 0 Å². The Labute approximate surface area is 91.3 Å². The molecule has 0 amide bonds. The fourth-order valence-electron chi connectivity index (χ4n) is 1.44. The molecule has 2 aromatic rings. The first-order valence-corrected chi connectivity index (χ1v) is 5.24. The van der Waals surface area contributed by atoms with Crippen LogP contribution >= 0.6 is 11.7 Å². The summed E-state index contributed by atoms with van der Waals surface area (Å²) < 4.78 is 20.9. The Morgan fingerprint density at radius 2 is 2.07 bits per heavy atom. The van der Waals surface area contributed by atoms with Crippen molar-refractivity contribution in [2.24, 2.45) is 0 Å². The first-order chi connectivity index (χ1) is 7.31. The Kier molecular flexibility index (Phi) is 3.03. The normalized spacial score (nSPS) is 12.7. The molecule has 5 heteroatoms. The van der Waals surface area contributed by atoms with Crippen LogP contribution in [-0.4, -0.2) is 15.8 Å². The monoisotopic (exact) mass is 223 g/mol. The van der Waals surface area contributed by atoms with Crippen molar-refractivity contribution in [3.8, 4) is 0 Å². The number of aromatic nitrogens is 2. The van der Waals surface area contributed by atoms with Crippen molar-refractivity contribution in [2.45, 2.75) is 6.04 Å². The van der Waals surface area contributed by atoms with Crippen molar-refractivity contribution in [1.82, 2.24) is 14.1 Å². The van der Waals surface area contributed by atoms with E-state index in [0.29, 0.717) is 0 Å². The van der Waals surface area contributed by atoms with Crippen molar-refractivity contribution >= 4 is 11.7 Å². The van der Waals surface area contributed by atoms with Gasteiger partial charge in [0, 0.05) is 0 Å². The molecule has 1 heterocycles. The number of rotatable bonds is 3. The quantitative estimate of drug-likeness (QED) is 0.864. The van der Waals surface area contributed by atoms with Gasteiger partial charge < -0.3 is 5.32 Å². The van der Waals surface area contributed by atoms with E-state index in [1.54, 1.807) is 18.3 Å². The van der Waals surface area contributed by atoms with Crippen molar-refractivity contribution < 1.29 is 4.39 Å². The smallest absolute Gasteiger partial charge is 0.123 e. The molecule has 3 nitrogen and oxygen atoms in total. The van der Waals surface area contributed by atoms with Gasteiger partial charge in [0.1, 0.15) is 5.82 Å². The molecule has 0 aliphatic carbocycles. The molecule has 0 fully saturated rings. The number of hydrogen-bond acceptors (Lipinski definition) is 4. The zero-order chi connectivity index (χ0) is 10.7. The van der Waals surface area contributed by atoms with Gasteiger partial charge in [-0.05, 0) is 24.7 Å². The minimum atomic E-state index is -0.231. The van der Waals surface area contributed by atoms with Crippen LogP contribution in [0.15, 0.2) is 30.5 Å². The summed E-state index contributed by atoms with van der Waals surface area (Å²) in [6, 6.07) is 6.36. The molecule has 0 spiro atoms. The molecule has 0 saturated heterocycles. The summed E-state index contributed by atoms with van der Waals surface area (Å²) in [6.45, 7) is 0. The molecule has 15 heavy (non-hydrogen) atoms. The maximum absolute atomic E-state index is 12.8. The van der Waals surface area contributed by atoms with Crippen molar-refractivity contribution in [3.05, 3.63) is 47.5 Å². The highest BCUT2D eigenvalue weighted by Crippen LogP contribution is 2.20. The standard InChI is InChI=1S/C10H10FN3S/c1-12-10(9-6-13-15-14-9)7-2-4-8(11)5-3-7/h2-6,10,12H,1H3. The largest absolute Gasteiger partial charge is 0.308 e. The van der Waals surface area contributed by atoms with Crippen molar-refractivity contribution in [1.29, 1.82) is 0 Å². The fourth-order valence-corrected chi connectivity index (χ4v) is 1.89. The van der Waals surface area contributed by atoms with Crippen molar-refractivity contribution in [3.63, 3.8) is 0 Å². The fraction of sp³-hybridized carbons (Fsp3) is 0.200. The second kappa shape index (κ2) is 4.46. The van der Waals surface area contributed by atoms with E-state index in [1.165, 1.54) is 23.9 Å². The summed E-state index contributed by atoms with van der Waals surface area (Å²) in [5.41, 5.74) is 1.83. The molecule has 0 aliphatic heterocycles. The average molecular weight is 223 g/mol. The van der Waals surface area contributed by atoms with E-state index in [9.17, 15) is 4.39 Å². The number of halogens is 1. The molecule has 0 radical (unpaired) electrons. The molecule has 2 rings (SSSR count). The van der Waals surface area contributed by atoms with Crippen LogP contribution in [0, 0.1) is 5.82 Å². The Balaban J connectivity index is 2.31. The molecule has 0 saturated carbocycles. The second-order valence-electron chi connectivity index (χ2n) is 3.11. The number of nitrogens with one attached hydrogen (secondary N) is 1. The molecule has 1 aromatic carbocycles. The van der Waals surface area contributed by atoms with Gasteiger partial charge in [-0.1, -0.05) is 12.1 Å². The molecule has 1 atom stereocenters. The number of benzene rings is 1. The summed E-state index contributed by atoms with van der Waals surface area (Å²) in [5, 5.41) is 3.12. The molecule has 0 bridgehead atoms. The molecule has 1 aromatic heterocycles. The lowest BCUT2D eigenvalue weighted by Crippen LogP contribution is -2.17. The first-order valence-electron chi connectivity index (χ1n) is 4.51. The average Bonchev–Trinajstić information content (AvgIpc) is 2.75. The van der Waals surface area contributed by atoms with Gasteiger partial charge in [-0.2, -0.15) is 8.75 Å². The molecule has 0 aliphatic rings. The number of hydrogen-bond donors (Lipinski definition) is 1. The number of nitrogens with zero attached hydrogens (tertiary/aromatic N) is 2. The summed E-state index contributed by atoms with van der Waals surface area (Å²) in [4.78, 5) is 0. The minimum Gasteiger partial charge on any atom is -0.308 e. The van der Waals surface area contributed by atoms with Gasteiger partial charge >= 0.3 is 0 Å². The second-order valence-corrected chi connectivity index (χ2v) is 3.66. The van der Waals surface area contributed by atoms with E-state index in [2.05, 4.69) is 14.1 Å². The molecular weight excluding hydrogens is 213 g/mol. The third kappa shape index (κ3) is 2.19. The lowest BCUT2D eigenvalue weighted by Gasteiger charge is -2.13. The summed E-state index contributed by atoms with van der Waals surface area (Å²) in [6.07, 6.45) is 1.72. The molecule has 1 unspecified atom stereocenters. The first kappa shape index (κ1) is 10.2. The predicted molar refractivity (Wildman–Crippen MR) is 57.2 cm³/mol. The Morgan fingerprint density at radius 1 is 1.33 bits per heavy atom. The summed E-state index contributed by atoms with van der Waals surface area (Å²) >= 11 is 1.17. The lowest BCUT2D eigenvalue weighted by molar-refractivity contribution is 0.622. The van der Waals surface area contributed by atoms with Gasteiger partial charge in [-0.15, -0.1) is 0 Å². The van der Waals surface area contributed by atoms with Crippen LogP contribution in [0.1, 0.15) is 17.3 Å². The third-order valence-electron chi connectivity index (χ3n) is 2.17. The Bertz CT molecular complexity index is 413. The van der Waals surface area contributed by atoms with Crippen molar-refractivity contribution in [2.75, 3.05) is 7.05 Å². The third-order valence-corrected chi connectivity index (χ3v) is 2.66. The van der Waals surface area contributed by atoms with Gasteiger partial charge in [-0.3, -0.25) is 0 Å². The van der Waals surface area contributed by atoms with Crippen LogP contribution in [-0.2, 0) is 0 Å². The van der Waals surface area contributed by atoms with Gasteiger partial charge in [0.05, 0.1) is 29.7 Å². The summed E-state index contributed by atoms with van der Waals surface area (Å²) in [5.74, 6) is -0.231. The maximum Gasteiger partial charge on any atom is 0.123 e. The molecular formula is C10H10FN3S. The highest BCUT2D eigenvalue weighted by molar-refractivity contribution is 6.99. The van der Waals surface area contributed by atoms with Gasteiger partial charge in [0.25, 0.3) is 0 Å². The highest BCUT2D eigenvalue weighted by Gasteiger charge is 2.14. The van der Waals surface area contributed by atoms with E-state index >= 15 is 0 Å². The van der Waals surface area contributed by atoms with Gasteiger partial charge in [0.2, 0.25) is 0 Å². The zero-order valence-electron chi connectivity index (χ0n) is 8.14. The minimum absolute atomic E-state index is 0.0238. The Morgan fingerprint density at radius 3 is 2.60 bits per heavy atom. The van der Waals surface area contributed by atoms with E-state index < -0.39 is 0 Å². The summed E-state index contributed by atoms with van der Waals surface area (Å²) in [7, 11) is 1.84. The van der Waals surface area contributed by atoms with E-state index in [0.717, 1.165) is 11.3 Å². The highest BCUT2D eigenvalue weighted by atomic mass is 32.1. The SMILES string of the molecule is CNC(c1ccc(F)cc1)c1cnsn1. The van der Waals surface area contributed by atoms with Crippen LogP contribution in [0.4, 0.5) is 4.39 Å². The molecule has 78 valence electrons. The van der Waals surface area contributed by atoms with E-state index in [1.807, 2.05) is 7.05 Å². The van der Waals surface area contributed by atoms with Gasteiger partial charge in [0.15, 0.2) is 0 Å². The lowest BCUT2D eigenvalue weighted by atomic mass is 10.0. The van der Waals surface area contributed by atoms with Crippen LogP contribution in [0.3, 0.4) is 0 Å².